The van der Waals surface area contributed by atoms with Gasteiger partial charge >= 0.3 is 6.18 Å². The Bertz CT molecular complexity index is 1240. The summed E-state index contributed by atoms with van der Waals surface area (Å²) in [5.74, 6) is -1.23. The number of hydrogen-bond donors (Lipinski definition) is 2. The van der Waals surface area contributed by atoms with Crippen molar-refractivity contribution in [3.05, 3.63) is 64.6 Å². The molecule has 1 aromatic carbocycles. The zero-order chi connectivity index (χ0) is 20.6. The van der Waals surface area contributed by atoms with Crippen molar-refractivity contribution in [2.24, 2.45) is 0 Å². The molecule has 146 valence electrons. The number of halogens is 3. The second-order valence-electron chi connectivity index (χ2n) is 5.83. The molecular weight excluding hydrogens is 391 g/mol. The normalized spacial score (nSPS) is 11.6. The van der Waals surface area contributed by atoms with Crippen molar-refractivity contribution in [3.8, 4) is 40.2 Å². The van der Waals surface area contributed by atoms with Crippen LogP contribution in [-0.4, -0.2) is 30.2 Å². The van der Waals surface area contributed by atoms with Gasteiger partial charge in [0.2, 0.25) is 11.6 Å². The summed E-state index contributed by atoms with van der Waals surface area (Å²) < 4.78 is 43.7. The average Bonchev–Trinajstić information content (AvgIpc) is 3.20. The number of alkyl halides is 3. The van der Waals surface area contributed by atoms with Gasteiger partial charge in [-0.3, -0.25) is 9.78 Å². The van der Waals surface area contributed by atoms with Gasteiger partial charge in [0.05, 0.1) is 5.56 Å². The quantitative estimate of drug-likeness (QED) is 0.541. The lowest BCUT2D eigenvalue weighted by Crippen LogP contribution is -2.10. The molecule has 0 unspecified atom stereocenters. The van der Waals surface area contributed by atoms with Crippen LogP contribution >= 0.6 is 0 Å². The lowest BCUT2D eigenvalue weighted by molar-refractivity contribution is -0.137. The van der Waals surface area contributed by atoms with E-state index >= 15 is 0 Å². The third-order valence-electron chi connectivity index (χ3n) is 3.88. The fourth-order valence-corrected chi connectivity index (χ4v) is 2.51. The number of pyridine rings is 1. The number of aromatic amines is 1. The second kappa shape index (κ2) is 6.86. The maximum absolute atomic E-state index is 12.9. The molecule has 0 aliphatic heterocycles. The fourth-order valence-electron chi connectivity index (χ4n) is 2.51. The van der Waals surface area contributed by atoms with E-state index in [9.17, 15) is 23.1 Å². The van der Waals surface area contributed by atoms with Crippen LogP contribution in [-0.2, 0) is 6.18 Å². The standard InChI is InChI=1S/C18H10F3N5O3/c19-18(20,21)10-5-3-4-9(8-10)14-25-17(29-26-14)12-13(27)16(28)24-15(23-12)11-6-1-2-7-22-11/h1-8,27H,(H,23,24,28). The minimum atomic E-state index is -4.54. The number of rotatable bonds is 3. The second-order valence-corrected chi connectivity index (χ2v) is 5.83. The molecule has 0 aliphatic carbocycles. The Morgan fingerprint density at radius 2 is 1.90 bits per heavy atom. The molecule has 0 spiro atoms. The van der Waals surface area contributed by atoms with Crippen molar-refractivity contribution >= 4 is 0 Å². The van der Waals surface area contributed by atoms with Crippen molar-refractivity contribution in [1.29, 1.82) is 0 Å². The Morgan fingerprint density at radius 1 is 1.07 bits per heavy atom. The number of aromatic nitrogens is 5. The van der Waals surface area contributed by atoms with E-state index in [1.807, 2.05) is 0 Å². The van der Waals surface area contributed by atoms with Crippen LogP contribution in [0.1, 0.15) is 5.56 Å². The van der Waals surface area contributed by atoms with Crippen LogP contribution in [0.2, 0.25) is 0 Å². The summed E-state index contributed by atoms with van der Waals surface area (Å²) in [6.45, 7) is 0. The Morgan fingerprint density at radius 3 is 2.62 bits per heavy atom. The number of nitrogens with one attached hydrogen (secondary N) is 1. The molecule has 8 nitrogen and oxygen atoms in total. The van der Waals surface area contributed by atoms with Gasteiger partial charge < -0.3 is 14.6 Å². The summed E-state index contributed by atoms with van der Waals surface area (Å²) in [5.41, 5.74) is -1.70. The van der Waals surface area contributed by atoms with Gasteiger partial charge in [-0.1, -0.05) is 23.4 Å². The molecular formula is C18H10F3N5O3. The number of H-pyrrole nitrogens is 1. The molecule has 4 aromatic rings. The van der Waals surface area contributed by atoms with E-state index in [-0.39, 0.29) is 28.8 Å². The zero-order valence-electron chi connectivity index (χ0n) is 14.3. The highest BCUT2D eigenvalue weighted by Crippen LogP contribution is 2.32. The third kappa shape index (κ3) is 3.57. The molecule has 0 saturated carbocycles. The van der Waals surface area contributed by atoms with Crippen molar-refractivity contribution in [3.63, 3.8) is 0 Å². The summed E-state index contributed by atoms with van der Waals surface area (Å²) in [6, 6.07) is 9.27. The molecule has 11 heteroatoms. The topological polar surface area (TPSA) is 118 Å². The van der Waals surface area contributed by atoms with Crippen LogP contribution < -0.4 is 5.56 Å². The molecule has 0 radical (unpaired) electrons. The van der Waals surface area contributed by atoms with E-state index in [0.717, 1.165) is 12.1 Å². The van der Waals surface area contributed by atoms with Crippen molar-refractivity contribution in [2.45, 2.75) is 6.18 Å². The summed E-state index contributed by atoms with van der Waals surface area (Å²) >= 11 is 0. The summed E-state index contributed by atoms with van der Waals surface area (Å²) in [7, 11) is 0. The van der Waals surface area contributed by atoms with Gasteiger partial charge in [-0.2, -0.15) is 18.2 Å². The number of aromatic hydroxyl groups is 1. The van der Waals surface area contributed by atoms with Gasteiger partial charge in [-0.15, -0.1) is 0 Å². The molecule has 29 heavy (non-hydrogen) atoms. The summed E-state index contributed by atoms with van der Waals surface area (Å²) in [4.78, 5) is 26.5. The van der Waals surface area contributed by atoms with Crippen molar-refractivity contribution in [1.82, 2.24) is 25.1 Å². The lowest BCUT2D eigenvalue weighted by Gasteiger charge is -2.06. The Labute approximate surface area is 159 Å². The molecule has 4 rings (SSSR count). The van der Waals surface area contributed by atoms with E-state index < -0.39 is 23.0 Å². The summed E-state index contributed by atoms with van der Waals surface area (Å²) in [6.07, 6.45) is -3.05. The highest BCUT2D eigenvalue weighted by molar-refractivity contribution is 5.64. The molecule has 3 aromatic heterocycles. The molecule has 0 amide bonds. The average molecular weight is 401 g/mol. The first-order valence-electron chi connectivity index (χ1n) is 8.09. The third-order valence-corrected chi connectivity index (χ3v) is 3.88. The molecule has 2 N–H and O–H groups in total. The maximum Gasteiger partial charge on any atom is 0.416 e. The van der Waals surface area contributed by atoms with Gasteiger partial charge in [0, 0.05) is 11.8 Å². The number of nitrogens with zero attached hydrogens (tertiary/aromatic N) is 4. The number of benzene rings is 1. The SMILES string of the molecule is O=c1[nH]c(-c2ccccn2)nc(-c2nc(-c3cccc(C(F)(F)F)c3)no2)c1O. The smallest absolute Gasteiger partial charge is 0.416 e. The highest BCUT2D eigenvalue weighted by atomic mass is 19.4. The molecule has 0 saturated heterocycles. The van der Waals surface area contributed by atoms with Crippen LogP contribution in [0.4, 0.5) is 13.2 Å². The first-order valence-corrected chi connectivity index (χ1v) is 8.09. The first-order chi connectivity index (χ1) is 13.8. The van der Waals surface area contributed by atoms with Crippen molar-refractivity contribution in [2.75, 3.05) is 0 Å². The Hall–Kier alpha value is -4.02. The predicted octanol–water partition coefficient (Wildman–Crippen LogP) is 3.27. The van der Waals surface area contributed by atoms with Gasteiger partial charge in [0.25, 0.3) is 11.4 Å². The minimum absolute atomic E-state index is 0.0437. The van der Waals surface area contributed by atoms with Gasteiger partial charge in [-0.05, 0) is 24.3 Å². The number of hydrogen-bond acceptors (Lipinski definition) is 7. The van der Waals surface area contributed by atoms with Crippen LogP contribution in [0.25, 0.3) is 34.5 Å². The molecule has 3 heterocycles. The van der Waals surface area contributed by atoms with Crippen LogP contribution in [0.5, 0.6) is 5.75 Å². The van der Waals surface area contributed by atoms with E-state index in [1.165, 1.54) is 18.3 Å². The lowest BCUT2D eigenvalue weighted by atomic mass is 10.1. The Balaban J connectivity index is 1.77. The highest BCUT2D eigenvalue weighted by Gasteiger charge is 2.31. The molecule has 0 atom stereocenters. The van der Waals surface area contributed by atoms with Crippen LogP contribution in [0.3, 0.4) is 0 Å². The van der Waals surface area contributed by atoms with Crippen molar-refractivity contribution < 1.29 is 22.8 Å². The maximum atomic E-state index is 12.9. The Kier molecular flexibility index (Phi) is 4.34. The largest absolute Gasteiger partial charge is 0.501 e. The molecule has 0 aliphatic rings. The van der Waals surface area contributed by atoms with Gasteiger partial charge in [0.15, 0.2) is 11.5 Å². The summed E-state index contributed by atoms with van der Waals surface area (Å²) in [5, 5.41) is 13.7. The fraction of sp³-hybridized carbons (Fsp3) is 0.0556. The monoisotopic (exact) mass is 401 g/mol. The van der Waals surface area contributed by atoms with E-state index in [2.05, 4.69) is 25.1 Å². The molecule has 0 fully saturated rings. The van der Waals surface area contributed by atoms with Gasteiger partial charge in [0.1, 0.15) is 5.69 Å². The first kappa shape index (κ1) is 18.3. The minimum Gasteiger partial charge on any atom is -0.501 e. The van der Waals surface area contributed by atoms with Gasteiger partial charge in [-0.25, -0.2) is 4.98 Å². The van der Waals surface area contributed by atoms with Crippen LogP contribution in [0, 0.1) is 0 Å². The van der Waals surface area contributed by atoms with Crippen LogP contribution in [0.15, 0.2) is 58.0 Å². The molecule has 0 bridgehead atoms. The van der Waals surface area contributed by atoms with E-state index in [0.29, 0.717) is 5.69 Å². The van der Waals surface area contributed by atoms with E-state index in [4.69, 9.17) is 4.52 Å². The van der Waals surface area contributed by atoms with E-state index in [1.54, 1.807) is 18.2 Å². The predicted molar refractivity (Wildman–Crippen MR) is 93.5 cm³/mol. The zero-order valence-corrected chi connectivity index (χ0v) is 14.3.